The van der Waals surface area contributed by atoms with Crippen LogP contribution in [-0.2, 0) is 0 Å². The van der Waals surface area contributed by atoms with Gasteiger partial charge in [0, 0.05) is 10.9 Å². The summed E-state index contributed by atoms with van der Waals surface area (Å²) in [6, 6.07) is 14.5. The number of hydrogen-bond donors (Lipinski definition) is 1. The standard InChI is InChI=1S/C24H22N4O2S/c1-13-22(15(3)30-27-13)18-10-19-17(11-21(18)29-4)23-20(12-25-19)26-24(31)28(23)14(2)16-8-6-5-7-9-16/h5-12,14H,1-4H3,(H,26,31)/t14-/m1/s1. The van der Waals surface area contributed by atoms with E-state index in [0.717, 1.165) is 50.3 Å². The van der Waals surface area contributed by atoms with Crippen molar-refractivity contribution < 1.29 is 9.26 Å². The van der Waals surface area contributed by atoms with E-state index in [9.17, 15) is 0 Å². The van der Waals surface area contributed by atoms with Gasteiger partial charge in [0.05, 0.1) is 47.2 Å². The molecule has 7 heteroatoms. The molecule has 0 aliphatic heterocycles. The number of aryl methyl sites for hydroxylation is 2. The van der Waals surface area contributed by atoms with Crippen LogP contribution in [0.3, 0.4) is 0 Å². The number of methoxy groups -OCH3 is 1. The number of pyridine rings is 1. The molecule has 0 amide bonds. The normalized spacial score (nSPS) is 12.5. The number of aromatic nitrogens is 4. The van der Waals surface area contributed by atoms with E-state index in [1.165, 1.54) is 5.56 Å². The van der Waals surface area contributed by atoms with Crippen LogP contribution in [-0.4, -0.2) is 26.8 Å². The Hall–Kier alpha value is -3.45. The first-order chi connectivity index (χ1) is 15.0. The van der Waals surface area contributed by atoms with Crippen LogP contribution in [0.4, 0.5) is 0 Å². The van der Waals surface area contributed by atoms with E-state index in [4.69, 9.17) is 26.5 Å². The Balaban J connectivity index is 1.82. The van der Waals surface area contributed by atoms with Gasteiger partial charge in [0.2, 0.25) is 0 Å². The zero-order valence-electron chi connectivity index (χ0n) is 17.8. The molecule has 3 heterocycles. The first-order valence-corrected chi connectivity index (χ1v) is 10.5. The number of H-pyrrole nitrogens is 1. The largest absolute Gasteiger partial charge is 0.496 e. The van der Waals surface area contributed by atoms with Gasteiger partial charge >= 0.3 is 0 Å². The van der Waals surface area contributed by atoms with E-state index in [0.29, 0.717) is 4.77 Å². The molecule has 5 rings (SSSR count). The van der Waals surface area contributed by atoms with E-state index in [1.54, 1.807) is 7.11 Å². The molecular weight excluding hydrogens is 408 g/mol. The molecule has 1 atom stereocenters. The number of nitrogens with one attached hydrogen (secondary N) is 1. The minimum atomic E-state index is 0.0567. The molecule has 0 saturated carbocycles. The second-order valence-electron chi connectivity index (χ2n) is 7.68. The quantitative estimate of drug-likeness (QED) is 0.347. The van der Waals surface area contributed by atoms with Crippen molar-refractivity contribution in [1.29, 1.82) is 0 Å². The lowest BCUT2D eigenvalue weighted by atomic mass is 10.00. The van der Waals surface area contributed by atoms with Gasteiger partial charge in [0.15, 0.2) is 4.77 Å². The van der Waals surface area contributed by atoms with Gasteiger partial charge in [-0.3, -0.25) is 4.98 Å². The number of fused-ring (bicyclic) bond motifs is 3. The van der Waals surface area contributed by atoms with Crippen molar-refractivity contribution >= 4 is 34.2 Å². The molecule has 156 valence electrons. The van der Waals surface area contributed by atoms with E-state index < -0.39 is 0 Å². The Morgan fingerprint density at radius 3 is 2.61 bits per heavy atom. The number of rotatable bonds is 4. The Kier molecular flexibility index (Phi) is 4.63. The van der Waals surface area contributed by atoms with Crippen LogP contribution in [0.15, 0.2) is 53.2 Å². The summed E-state index contributed by atoms with van der Waals surface area (Å²) in [4.78, 5) is 8.02. The highest BCUT2D eigenvalue weighted by Gasteiger charge is 2.21. The third-order valence-corrected chi connectivity index (χ3v) is 6.13. The molecule has 0 spiro atoms. The van der Waals surface area contributed by atoms with Crippen LogP contribution in [0.2, 0.25) is 0 Å². The van der Waals surface area contributed by atoms with E-state index >= 15 is 0 Å². The maximum Gasteiger partial charge on any atom is 0.178 e. The Morgan fingerprint density at radius 1 is 1.16 bits per heavy atom. The summed E-state index contributed by atoms with van der Waals surface area (Å²) < 4.78 is 14.0. The van der Waals surface area contributed by atoms with Crippen LogP contribution >= 0.6 is 12.2 Å². The summed E-state index contributed by atoms with van der Waals surface area (Å²) in [5.74, 6) is 1.49. The number of benzene rings is 2. The molecule has 6 nitrogen and oxygen atoms in total. The monoisotopic (exact) mass is 430 g/mol. The maximum atomic E-state index is 5.79. The molecule has 0 bridgehead atoms. The summed E-state index contributed by atoms with van der Waals surface area (Å²) >= 11 is 5.71. The SMILES string of the molecule is COc1cc2c(cc1-c1c(C)noc1C)ncc1[nH]c(=S)n([C@H](C)c3ccccc3)c12. The highest BCUT2D eigenvalue weighted by Crippen LogP contribution is 2.39. The Morgan fingerprint density at radius 2 is 1.94 bits per heavy atom. The van der Waals surface area contributed by atoms with E-state index in [1.807, 2.05) is 50.4 Å². The average Bonchev–Trinajstić information content (AvgIpc) is 3.30. The predicted octanol–water partition coefficient (Wildman–Crippen LogP) is 6.14. The number of nitrogens with zero attached hydrogens (tertiary/aromatic N) is 3. The first kappa shape index (κ1) is 19.5. The van der Waals surface area contributed by atoms with E-state index in [-0.39, 0.29) is 6.04 Å². The van der Waals surface area contributed by atoms with Crippen molar-refractivity contribution in [3.8, 4) is 16.9 Å². The molecular formula is C24H22N4O2S. The van der Waals surface area contributed by atoms with Crippen molar-refractivity contribution in [1.82, 2.24) is 19.7 Å². The topological polar surface area (TPSA) is 68.9 Å². The fourth-order valence-corrected chi connectivity index (χ4v) is 4.67. The predicted molar refractivity (Wildman–Crippen MR) is 124 cm³/mol. The van der Waals surface area contributed by atoms with Gasteiger partial charge in [-0.2, -0.15) is 0 Å². The average molecular weight is 431 g/mol. The fourth-order valence-electron chi connectivity index (χ4n) is 4.32. The molecule has 3 aromatic heterocycles. The molecule has 1 N–H and O–H groups in total. The summed E-state index contributed by atoms with van der Waals surface area (Å²) in [5.41, 5.74) is 6.61. The number of aromatic amines is 1. The first-order valence-electron chi connectivity index (χ1n) is 10.1. The van der Waals surface area contributed by atoms with Gasteiger partial charge in [-0.05, 0) is 50.7 Å². The van der Waals surface area contributed by atoms with Gasteiger partial charge in [-0.25, -0.2) is 0 Å². The van der Waals surface area contributed by atoms with Gasteiger partial charge in [0.1, 0.15) is 11.5 Å². The smallest absolute Gasteiger partial charge is 0.178 e. The molecule has 0 saturated heterocycles. The van der Waals surface area contributed by atoms with E-state index in [2.05, 4.69) is 33.8 Å². The number of imidazole rings is 1. The maximum absolute atomic E-state index is 5.79. The highest BCUT2D eigenvalue weighted by molar-refractivity contribution is 7.71. The molecule has 2 aromatic carbocycles. The molecule has 5 aromatic rings. The van der Waals surface area contributed by atoms with Crippen molar-refractivity contribution in [3.63, 3.8) is 0 Å². The van der Waals surface area contributed by atoms with Crippen LogP contribution < -0.4 is 4.74 Å². The zero-order valence-corrected chi connectivity index (χ0v) is 18.6. The van der Waals surface area contributed by atoms with Crippen LogP contribution in [0.25, 0.3) is 33.1 Å². The number of ether oxygens (including phenoxy) is 1. The summed E-state index contributed by atoms with van der Waals surface area (Å²) in [7, 11) is 1.67. The summed E-state index contributed by atoms with van der Waals surface area (Å²) in [6.45, 7) is 5.98. The third-order valence-electron chi connectivity index (χ3n) is 5.83. The second kappa shape index (κ2) is 7.35. The highest BCUT2D eigenvalue weighted by atomic mass is 32.1. The lowest BCUT2D eigenvalue weighted by molar-refractivity contribution is 0.393. The summed E-state index contributed by atoms with van der Waals surface area (Å²) in [5, 5.41) is 5.07. The van der Waals surface area contributed by atoms with Gasteiger partial charge in [-0.15, -0.1) is 0 Å². The Bertz CT molecular complexity index is 1460. The summed E-state index contributed by atoms with van der Waals surface area (Å²) in [6.07, 6.45) is 1.84. The second-order valence-corrected chi connectivity index (χ2v) is 8.06. The van der Waals surface area contributed by atoms with Crippen molar-refractivity contribution in [3.05, 3.63) is 70.5 Å². The minimum Gasteiger partial charge on any atom is -0.496 e. The number of hydrogen-bond acceptors (Lipinski definition) is 5. The van der Waals surface area contributed by atoms with Gasteiger partial charge in [0.25, 0.3) is 0 Å². The van der Waals surface area contributed by atoms with Gasteiger partial charge < -0.3 is 18.8 Å². The molecule has 0 unspecified atom stereocenters. The molecule has 0 fully saturated rings. The van der Waals surface area contributed by atoms with Crippen LogP contribution in [0.1, 0.15) is 30.0 Å². The van der Waals surface area contributed by atoms with Crippen LogP contribution in [0, 0.1) is 18.6 Å². The lowest BCUT2D eigenvalue weighted by Crippen LogP contribution is -2.07. The minimum absolute atomic E-state index is 0.0567. The third kappa shape index (κ3) is 3.04. The van der Waals surface area contributed by atoms with Crippen molar-refractivity contribution in [2.75, 3.05) is 7.11 Å². The van der Waals surface area contributed by atoms with Gasteiger partial charge in [-0.1, -0.05) is 35.5 Å². The molecule has 0 aliphatic rings. The zero-order chi connectivity index (χ0) is 21.7. The molecule has 31 heavy (non-hydrogen) atoms. The van der Waals surface area contributed by atoms with Crippen LogP contribution in [0.5, 0.6) is 5.75 Å². The Labute approximate surface area is 184 Å². The van der Waals surface area contributed by atoms with Crippen molar-refractivity contribution in [2.24, 2.45) is 0 Å². The van der Waals surface area contributed by atoms with Crippen molar-refractivity contribution in [2.45, 2.75) is 26.8 Å². The molecule has 0 aliphatic carbocycles. The molecule has 0 radical (unpaired) electrons. The lowest BCUT2D eigenvalue weighted by Gasteiger charge is -2.17. The fraction of sp³-hybridized carbons (Fsp3) is 0.208.